The first-order chi connectivity index (χ1) is 14.1. The topological polar surface area (TPSA) is 64.5 Å². The molecule has 2 atom stereocenters. The van der Waals surface area contributed by atoms with E-state index in [1.807, 2.05) is 72.3 Å². The van der Waals surface area contributed by atoms with Gasteiger partial charge < -0.3 is 20.2 Å². The molecule has 1 aliphatic rings. The highest BCUT2D eigenvalue weighted by Crippen LogP contribution is 2.39. The minimum absolute atomic E-state index is 0.0569. The molecule has 0 fully saturated rings. The van der Waals surface area contributed by atoms with Crippen molar-refractivity contribution in [1.29, 1.82) is 0 Å². The lowest BCUT2D eigenvalue weighted by molar-refractivity contribution is -0.116. The number of anilines is 1. The number of methoxy groups -OCH3 is 2. The fourth-order valence-electron chi connectivity index (χ4n) is 3.33. The van der Waals surface area contributed by atoms with Gasteiger partial charge in [0, 0.05) is 11.4 Å². The van der Waals surface area contributed by atoms with Crippen molar-refractivity contribution in [3.63, 3.8) is 0 Å². The van der Waals surface area contributed by atoms with Gasteiger partial charge in [0.15, 0.2) is 0 Å². The van der Waals surface area contributed by atoms with Crippen LogP contribution >= 0.6 is 11.8 Å². The predicted molar refractivity (Wildman–Crippen MR) is 116 cm³/mol. The van der Waals surface area contributed by atoms with Crippen LogP contribution in [-0.2, 0) is 4.79 Å². The maximum absolute atomic E-state index is 13.2. The van der Waals surface area contributed by atoms with Crippen LogP contribution in [0.15, 0.2) is 65.7 Å². The summed E-state index contributed by atoms with van der Waals surface area (Å²) in [4.78, 5) is 13.2. The Kier molecular flexibility index (Phi) is 5.40. The summed E-state index contributed by atoms with van der Waals surface area (Å²) >= 11 is 1.56. The molecule has 7 heteroatoms. The Morgan fingerprint density at radius 3 is 2.21 bits per heavy atom. The molecule has 2 N–H and O–H groups in total. The average Bonchev–Trinajstić information content (AvgIpc) is 3.13. The molecule has 4 rings (SSSR count). The Morgan fingerprint density at radius 2 is 1.59 bits per heavy atom. The molecule has 0 saturated carbocycles. The van der Waals surface area contributed by atoms with E-state index in [0.717, 1.165) is 33.5 Å². The van der Waals surface area contributed by atoms with Crippen LogP contribution in [0.1, 0.15) is 17.3 Å². The highest BCUT2D eigenvalue weighted by molar-refractivity contribution is 8.00. The lowest BCUT2D eigenvalue weighted by Gasteiger charge is -2.34. The number of nitrogens with zero attached hydrogens (tertiary/aromatic N) is 1. The van der Waals surface area contributed by atoms with Crippen LogP contribution in [0, 0.1) is 6.92 Å². The number of rotatable bonds is 5. The van der Waals surface area contributed by atoms with Gasteiger partial charge in [-0.2, -0.15) is 0 Å². The van der Waals surface area contributed by atoms with Gasteiger partial charge in [0.05, 0.1) is 25.3 Å². The number of carbonyl (C=O) groups is 1. The maximum atomic E-state index is 13.2. The quantitative estimate of drug-likeness (QED) is 0.661. The van der Waals surface area contributed by atoms with Crippen molar-refractivity contribution in [3.8, 4) is 11.5 Å². The van der Waals surface area contributed by atoms with E-state index < -0.39 is 0 Å². The number of fused-ring (bicyclic) bond motifs is 1. The van der Waals surface area contributed by atoms with Crippen LogP contribution < -0.4 is 20.2 Å². The van der Waals surface area contributed by atoms with Crippen LogP contribution in [0.2, 0.25) is 0 Å². The maximum Gasteiger partial charge on any atom is 0.240 e. The normalized spacial score (nSPS) is 17.8. The van der Waals surface area contributed by atoms with Gasteiger partial charge in [-0.25, -0.2) is 0 Å². The largest absolute Gasteiger partial charge is 0.497 e. The zero-order chi connectivity index (χ0) is 20.4. The number of nitrogens with one attached hydrogen (secondary N) is 2. The van der Waals surface area contributed by atoms with Gasteiger partial charge in [0.25, 0.3) is 0 Å². The van der Waals surface area contributed by atoms with Gasteiger partial charge in [-0.3, -0.25) is 9.47 Å². The van der Waals surface area contributed by atoms with Gasteiger partial charge in [0.1, 0.15) is 16.7 Å². The number of hydrogen-bond donors (Lipinski definition) is 2. The Bertz CT molecular complexity index is 999. The molecule has 150 valence electrons. The summed E-state index contributed by atoms with van der Waals surface area (Å²) in [5, 5.41) is 3.71. The highest BCUT2D eigenvalue weighted by atomic mass is 32.2. The minimum atomic E-state index is -0.340. The standard InChI is InChI=1S/C22H23N3O3S/c1-14-4-13-19-25(14)24-20(15-5-9-17(27-2)10-6-15)21(29-19)22(26)23-16-7-11-18(28-3)12-8-16/h4-13,20-21,24H,1-3H3,(H,23,26)/t20-,21+/m1/s1. The molecule has 29 heavy (non-hydrogen) atoms. The first-order valence-electron chi connectivity index (χ1n) is 9.29. The van der Waals surface area contributed by atoms with Crippen molar-refractivity contribution in [2.24, 2.45) is 0 Å². The van der Waals surface area contributed by atoms with Gasteiger partial charge in [-0.1, -0.05) is 23.9 Å². The fourth-order valence-corrected chi connectivity index (χ4v) is 4.56. The molecular formula is C22H23N3O3S. The summed E-state index contributed by atoms with van der Waals surface area (Å²) in [6.07, 6.45) is 0. The second-order valence-corrected chi connectivity index (χ2v) is 7.95. The van der Waals surface area contributed by atoms with E-state index in [2.05, 4.69) is 10.7 Å². The Balaban J connectivity index is 1.62. The molecule has 2 heterocycles. The lowest BCUT2D eigenvalue weighted by atomic mass is 10.0. The number of ether oxygens (including phenoxy) is 2. The second-order valence-electron chi connectivity index (χ2n) is 6.78. The van der Waals surface area contributed by atoms with E-state index in [0.29, 0.717) is 0 Å². The highest BCUT2D eigenvalue weighted by Gasteiger charge is 2.36. The van der Waals surface area contributed by atoms with Gasteiger partial charge in [-0.15, -0.1) is 0 Å². The Morgan fingerprint density at radius 1 is 0.966 bits per heavy atom. The van der Waals surface area contributed by atoms with Crippen molar-refractivity contribution in [2.75, 3.05) is 25.0 Å². The first kappa shape index (κ1) is 19.3. The monoisotopic (exact) mass is 409 g/mol. The number of thioether (sulfide) groups is 1. The number of aromatic nitrogens is 1. The molecular weight excluding hydrogens is 386 g/mol. The number of aryl methyl sites for hydroxylation is 1. The smallest absolute Gasteiger partial charge is 0.240 e. The predicted octanol–water partition coefficient (Wildman–Crippen LogP) is 4.21. The number of benzene rings is 2. The van der Waals surface area contributed by atoms with Crippen molar-refractivity contribution in [1.82, 2.24) is 4.68 Å². The molecule has 6 nitrogen and oxygen atoms in total. The van der Waals surface area contributed by atoms with E-state index >= 15 is 0 Å². The number of carbonyl (C=O) groups excluding carboxylic acids is 1. The summed E-state index contributed by atoms with van der Waals surface area (Å²) in [5.41, 5.74) is 6.36. The third-order valence-corrected chi connectivity index (χ3v) is 6.25. The second kappa shape index (κ2) is 8.13. The molecule has 1 aromatic heterocycles. The molecule has 0 aliphatic carbocycles. The summed E-state index contributed by atoms with van der Waals surface area (Å²) in [5.74, 6) is 1.48. The Labute approximate surface area is 174 Å². The minimum Gasteiger partial charge on any atom is -0.497 e. The lowest BCUT2D eigenvalue weighted by Crippen LogP contribution is -2.41. The third kappa shape index (κ3) is 3.91. The molecule has 0 spiro atoms. The summed E-state index contributed by atoms with van der Waals surface area (Å²) in [6.45, 7) is 2.04. The van der Waals surface area contributed by atoms with E-state index in [-0.39, 0.29) is 17.2 Å². The molecule has 1 amide bonds. The molecule has 0 unspecified atom stereocenters. The SMILES string of the molecule is COc1ccc(NC(=O)[C@H]2Sc3ccc(C)n3N[C@@H]2c2ccc(OC)cc2)cc1. The van der Waals surface area contributed by atoms with Gasteiger partial charge in [-0.05, 0) is 61.0 Å². The van der Waals surface area contributed by atoms with Crippen molar-refractivity contribution in [3.05, 3.63) is 71.9 Å². The first-order valence-corrected chi connectivity index (χ1v) is 10.2. The summed E-state index contributed by atoms with van der Waals surface area (Å²) < 4.78 is 12.5. The third-order valence-electron chi connectivity index (χ3n) is 4.95. The van der Waals surface area contributed by atoms with Crippen molar-refractivity contribution in [2.45, 2.75) is 23.2 Å². The van der Waals surface area contributed by atoms with Crippen LogP contribution in [-0.4, -0.2) is 30.1 Å². The molecule has 1 aliphatic heterocycles. The van der Waals surface area contributed by atoms with Gasteiger partial charge >= 0.3 is 0 Å². The zero-order valence-corrected chi connectivity index (χ0v) is 17.3. The molecule has 0 radical (unpaired) electrons. The number of amides is 1. The summed E-state index contributed by atoms with van der Waals surface area (Å²) in [7, 11) is 3.26. The van der Waals surface area contributed by atoms with E-state index in [1.54, 1.807) is 26.0 Å². The van der Waals surface area contributed by atoms with Crippen LogP contribution in [0.25, 0.3) is 0 Å². The molecule has 2 aromatic carbocycles. The van der Waals surface area contributed by atoms with Crippen LogP contribution in [0.3, 0.4) is 0 Å². The fraction of sp³-hybridized carbons (Fsp3) is 0.227. The average molecular weight is 410 g/mol. The van der Waals surface area contributed by atoms with Crippen molar-refractivity contribution < 1.29 is 14.3 Å². The Hall–Kier alpha value is -3.06. The van der Waals surface area contributed by atoms with Crippen LogP contribution in [0.5, 0.6) is 11.5 Å². The van der Waals surface area contributed by atoms with E-state index in [4.69, 9.17) is 9.47 Å². The zero-order valence-electron chi connectivity index (χ0n) is 16.5. The van der Waals surface area contributed by atoms with E-state index in [9.17, 15) is 4.79 Å². The van der Waals surface area contributed by atoms with Crippen molar-refractivity contribution >= 4 is 23.4 Å². The van der Waals surface area contributed by atoms with E-state index in [1.165, 1.54) is 0 Å². The van der Waals surface area contributed by atoms with Crippen LogP contribution in [0.4, 0.5) is 5.69 Å². The molecule has 3 aromatic rings. The molecule has 0 saturated heterocycles. The number of hydrogen-bond acceptors (Lipinski definition) is 5. The molecule has 0 bridgehead atoms. The summed E-state index contributed by atoms with van der Waals surface area (Å²) in [6, 6.07) is 19.0. The van der Waals surface area contributed by atoms with Gasteiger partial charge in [0.2, 0.25) is 5.91 Å².